The van der Waals surface area contributed by atoms with Crippen LogP contribution in [0, 0.1) is 6.92 Å². The van der Waals surface area contributed by atoms with Crippen LogP contribution in [0.1, 0.15) is 28.4 Å². The zero-order valence-corrected chi connectivity index (χ0v) is 16.0. The number of carbonyl (C=O) groups excluding carboxylic acids is 1. The number of hydrogen-bond acceptors (Lipinski definition) is 4. The number of halogens is 1. The molecule has 0 saturated carbocycles. The first kappa shape index (κ1) is 18.3. The van der Waals surface area contributed by atoms with Gasteiger partial charge in [0.05, 0.1) is 4.47 Å². The summed E-state index contributed by atoms with van der Waals surface area (Å²) in [5.41, 5.74) is 1.11. The molecular formula is C19H20BrN3O3. The number of nitrogens with zero attached hydrogens (tertiary/aromatic N) is 2. The highest BCUT2D eigenvalue weighted by molar-refractivity contribution is 9.10. The normalized spacial score (nSPS) is 10.7. The van der Waals surface area contributed by atoms with Crippen LogP contribution in [0.4, 0.5) is 0 Å². The minimum Gasteiger partial charge on any atom is -0.484 e. The molecule has 0 unspecified atom stereocenters. The Balaban J connectivity index is 1.44. The topological polar surface area (TPSA) is 69.3 Å². The Morgan fingerprint density at radius 1 is 1.27 bits per heavy atom. The molecule has 26 heavy (non-hydrogen) atoms. The number of rotatable bonds is 8. The number of nitrogens with one attached hydrogen (secondary N) is 1. The molecule has 2 heterocycles. The molecule has 0 aliphatic rings. The highest BCUT2D eigenvalue weighted by Gasteiger charge is 2.11. The fourth-order valence-corrected chi connectivity index (χ4v) is 2.84. The van der Waals surface area contributed by atoms with Crippen molar-refractivity contribution in [3.8, 4) is 5.75 Å². The van der Waals surface area contributed by atoms with Gasteiger partial charge in [-0.05, 0) is 59.6 Å². The number of aromatic nitrogens is 2. The van der Waals surface area contributed by atoms with Crippen LogP contribution >= 0.6 is 15.9 Å². The lowest BCUT2D eigenvalue weighted by Gasteiger charge is -2.06. The Morgan fingerprint density at radius 2 is 2.12 bits per heavy atom. The first-order chi connectivity index (χ1) is 12.6. The van der Waals surface area contributed by atoms with Crippen molar-refractivity contribution in [2.75, 3.05) is 6.54 Å². The number of para-hydroxylation sites is 1. The summed E-state index contributed by atoms with van der Waals surface area (Å²) in [4.78, 5) is 12.1. The second kappa shape index (κ2) is 8.71. The van der Waals surface area contributed by atoms with Crippen LogP contribution in [0.25, 0.3) is 0 Å². The summed E-state index contributed by atoms with van der Waals surface area (Å²) < 4.78 is 14.0. The second-order valence-corrected chi connectivity index (χ2v) is 6.64. The predicted molar refractivity (Wildman–Crippen MR) is 101 cm³/mol. The molecule has 0 bridgehead atoms. The minimum atomic E-state index is -0.227. The van der Waals surface area contributed by atoms with Gasteiger partial charge in [-0.2, -0.15) is 5.10 Å². The SMILES string of the molecule is Cc1ccnn1CCCNC(=O)c1ccc(COc2ccccc2Br)o1. The molecule has 1 N–H and O–H groups in total. The lowest BCUT2D eigenvalue weighted by molar-refractivity contribution is 0.0920. The summed E-state index contributed by atoms with van der Waals surface area (Å²) >= 11 is 3.43. The largest absolute Gasteiger partial charge is 0.484 e. The third-order valence-electron chi connectivity index (χ3n) is 3.85. The average molecular weight is 418 g/mol. The highest BCUT2D eigenvalue weighted by Crippen LogP contribution is 2.24. The van der Waals surface area contributed by atoms with Crippen LogP contribution in [0.15, 0.2) is 57.6 Å². The van der Waals surface area contributed by atoms with E-state index in [4.69, 9.17) is 9.15 Å². The van der Waals surface area contributed by atoms with Crippen LogP contribution in [-0.2, 0) is 13.2 Å². The maximum atomic E-state index is 12.1. The van der Waals surface area contributed by atoms with E-state index in [9.17, 15) is 4.79 Å². The molecule has 0 radical (unpaired) electrons. The van der Waals surface area contributed by atoms with E-state index in [1.54, 1.807) is 18.3 Å². The number of benzene rings is 1. The van der Waals surface area contributed by atoms with Crippen molar-refractivity contribution in [3.63, 3.8) is 0 Å². The van der Waals surface area contributed by atoms with E-state index in [0.717, 1.165) is 28.9 Å². The number of furan rings is 1. The summed E-state index contributed by atoms with van der Waals surface area (Å²) in [6.07, 6.45) is 2.57. The van der Waals surface area contributed by atoms with Crippen molar-refractivity contribution in [3.05, 3.63) is 70.3 Å². The molecule has 0 spiro atoms. The quantitative estimate of drug-likeness (QED) is 0.563. The van der Waals surface area contributed by atoms with Crippen molar-refractivity contribution in [2.24, 2.45) is 0 Å². The summed E-state index contributed by atoms with van der Waals surface area (Å²) in [6, 6.07) is 12.9. The zero-order chi connectivity index (χ0) is 18.4. The Kier molecular flexibility index (Phi) is 6.12. The molecule has 0 aliphatic carbocycles. The van der Waals surface area contributed by atoms with E-state index < -0.39 is 0 Å². The van der Waals surface area contributed by atoms with E-state index in [1.807, 2.05) is 41.9 Å². The first-order valence-corrected chi connectivity index (χ1v) is 9.15. The van der Waals surface area contributed by atoms with Crippen molar-refractivity contribution in [1.82, 2.24) is 15.1 Å². The van der Waals surface area contributed by atoms with E-state index in [2.05, 4.69) is 26.3 Å². The average Bonchev–Trinajstić information content (AvgIpc) is 3.27. The molecule has 0 fully saturated rings. The molecule has 7 heteroatoms. The highest BCUT2D eigenvalue weighted by atomic mass is 79.9. The summed E-state index contributed by atoms with van der Waals surface area (Å²) in [7, 11) is 0. The summed E-state index contributed by atoms with van der Waals surface area (Å²) in [5, 5.41) is 7.07. The third kappa shape index (κ3) is 4.76. The van der Waals surface area contributed by atoms with Crippen molar-refractivity contribution >= 4 is 21.8 Å². The molecule has 1 aromatic carbocycles. The van der Waals surface area contributed by atoms with E-state index >= 15 is 0 Å². The van der Waals surface area contributed by atoms with Crippen LogP contribution < -0.4 is 10.1 Å². The molecule has 0 aliphatic heterocycles. The van der Waals surface area contributed by atoms with Gasteiger partial charge in [0.15, 0.2) is 5.76 Å². The van der Waals surface area contributed by atoms with Crippen molar-refractivity contribution in [1.29, 1.82) is 0 Å². The van der Waals surface area contributed by atoms with Gasteiger partial charge in [-0.25, -0.2) is 0 Å². The van der Waals surface area contributed by atoms with E-state index in [-0.39, 0.29) is 18.3 Å². The van der Waals surface area contributed by atoms with Gasteiger partial charge in [0, 0.05) is 25.0 Å². The third-order valence-corrected chi connectivity index (χ3v) is 4.51. The number of ether oxygens (including phenoxy) is 1. The van der Waals surface area contributed by atoms with Gasteiger partial charge in [-0.15, -0.1) is 0 Å². The van der Waals surface area contributed by atoms with Crippen LogP contribution in [0.3, 0.4) is 0 Å². The Hall–Kier alpha value is -2.54. The lowest BCUT2D eigenvalue weighted by atomic mass is 10.3. The number of carbonyl (C=O) groups is 1. The van der Waals surface area contributed by atoms with Gasteiger partial charge in [0.2, 0.25) is 0 Å². The second-order valence-electron chi connectivity index (χ2n) is 5.79. The Labute approximate surface area is 160 Å². The lowest BCUT2D eigenvalue weighted by Crippen LogP contribution is -2.25. The molecule has 3 aromatic rings. The Morgan fingerprint density at radius 3 is 2.88 bits per heavy atom. The van der Waals surface area contributed by atoms with Gasteiger partial charge < -0.3 is 14.5 Å². The van der Waals surface area contributed by atoms with Crippen LogP contribution in [0.2, 0.25) is 0 Å². The molecule has 6 nitrogen and oxygen atoms in total. The van der Waals surface area contributed by atoms with E-state index in [0.29, 0.717) is 12.3 Å². The fraction of sp³-hybridized carbons (Fsp3) is 0.263. The van der Waals surface area contributed by atoms with Gasteiger partial charge >= 0.3 is 0 Å². The first-order valence-electron chi connectivity index (χ1n) is 8.36. The van der Waals surface area contributed by atoms with Crippen LogP contribution in [-0.4, -0.2) is 22.2 Å². The molecule has 0 saturated heterocycles. The van der Waals surface area contributed by atoms with Crippen molar-refractivity contribution < 1.29 is 13.9 Å². The number of aryl methyl sites for hydroxylation is 2. The maximum absolute atomic E-state index is 12.1. The molecule has 3 rings (SSSR count). The molecule has 0 atom stereocenters. The molecular weight excluding hydrogens is 398 g/mol. The van der Waals surface area contributed by atoms with Gasteiger partial charge in [-0.3, -0.25) is 9.48 Å². The summed E-state index contributed by atoms with van der Waals surface area (Å²) in [5.74, 6) is 1.38. The van der Waals surface area contributed by atoms with Gasteiger partial charge in [0.25, 0.3) is 5.91 Å². The van der Waals surface area contributed by atoms with Crippen LogP contribution in [0.5, 0.6) is 5.75 Å². The zero-order valence-electron chi connectivity index (χ0n) is 14.4. The molecule has 2 aromatic heterocycles. The standard InChI is InChI=1S/C19H20BrN3O3/c1-14-9-11-22-23(14)12-4-10-21-19(24)18-8-7-15(26-18)13-25-17-6-3-2-5-16(17)20/h2-3,5-9,11H,4,10,12-13H2,1H3,(H,21,24). The molecule has 1 amide bonds. The summed E-state index contributed by atoms with van der Waals surface area (Å²) in [6.45, 7) is 3.59. The van der Waals surface area contributed by atoms with Crippen molar-refractivity contribution in [2.45, 2.75) is 26.5 Å². The van der Waals surface area contributed by atoms with Gasteiger partial charge in [-0.1, -0.05) is 12.1 Å². The smallest absolute Gasteiger partial charge is 0.286 e. The predicted octanol–water partition coefficient (Wildman–Crippen LogP) is 3.95. The molecule has 136 valence electrons. The number of hydrogen-bond donors (Lipinski definition) is 1. The minimum absolute atomic E-state index is 0.227. The Bertz CT molecular complexity index is 872. The van der Waals surface area contributed by atoms with Gasteiger partial charge in [0.1, 0.15) is 18.1 Å². The van der Waals surface area contributed by atoms with E-state index in [1.165, 1.54) is 0 Å². The maximum Gasteiger partial charge on any atom is 0.286 e. The number of amides is 1. The monoisotopic (exact) mass is 417 g/mol. The fourth-order valence-electron chi connectivity index (χ4n) is 2.44.